The number of hydrogen-bond acceptors (Lipinski definition) is 3. The van der Waals surface area contributed by atoms with Crippen LogP contribution < -0.4 is 4.74 Å². The smallest absolute Gasteiger partial charge is 0.161 e. The Morgan fingerprint density at radius 2 is 2.07 bits per heavy atom. The summed E-state index contributed by atoms with van der Waals surface area (Å²) in [7, 11) is 3.52. The number of rotatable bonds is 1. The molecule has 2 heterocycles. The summed E-state index contributed by atoms with van der Waals surface area (Å²) in [6.45, 7) is 1.94. The van der Waals surface area contributed by atoms with Crippen LogP contribution in [-0.2, 0) is 24.4 Å². The molecule has 0 atom stereocenters. The first-order valence-corrected chi connectivity index (χ1v) is 4.05. The Kier molecular flexibility index (Phi) is 4.79. The zero-order valence-corrected chi connectivity index (χ0v) is 10.6. The van der Waals surface area contributed by atoms with Gasteiger partial charge in [-0.3, -0.25) is 4.68 Å². The number of aryl methyl sites for hydroxylation is 2. The number of pyridine rings is 1. The van der Waals surface area contributed by atoms with Gasteiger partial charge in [-0.15, -0.1) is 0 Å². The predicted molar refractivity (Wildman–Crippen MR) is 56.2 cm³/mol. The molecule has 2 rings (SSSR count). The third kappa shape index (κ3) is 2.31. The van der Waals surface area contributed by atoms with Gasteiger partial charge in [0, 0.05) is 36.2 Å². The van der Waals surface area contributed by atoms with E-state index in [1.807, 2.05) is 20.0 Å². The zero-order chi connectivity index (χ0) is 9.42. The molecule has 5 heteroatoms. The van der Waals surface area contributed by atoms with E-state index >= 15 is 0 Å². The van der Waals surface area contributed by atoms with E-state index in [4.69, 9.17) is 4.74 Å². The minimum absolute atomic E-state index is 0. The molecule has 82 valence electrons. The molecule has 0 saturated carbocycles. The Balaban J connectivity index is 0.000000980. The van der Waals surface area contributed by atoms with Gasteiger partial charge in [0.05, 0.1) is 18.7 Å². The molecular formula is C10H14CrN3O-. The predicted octanol–water partition coefficient (Wildman–Crippen LogP) is 1.73. The van der Waals surface area contributed by atoms with Crippen LogP contribution >= 0.6 is 0 Å². The molecule has 0 fully saturated rings. The van der Waals surface area contributed by atoms with Crippen molar-refractivity contribution in [2.24, 2.45) is 7.05 Å². The first-order chi connectivity index (χ1) is 6.22. The van der Waals surface area contributed by atoms with Crippen molar-refractivity contribution in [2.45, 2.75) is 6.92 Å². The van der Waals surface area contributed by atoms with E-state index in [1.165, 1.54) is 0 Å². The monoisotopic (exact) mass is 244 g/mol. The van der Waals surface area contributed by atoms with Gasteiger partial charge in [-0.25, -0.2) is 4.98 Å². The van der Waals surface area contributed by atoms with Gasteiger partial charge in [-0.05, 0) is 6.92 Å². The van der Waals surface area contributed by atoms with E-state index < -0.39 is 0 Å². The van der Waals surface area contributed by atoms with Gasteiger partial charge in [0.2, 0.25) is 0 Å². The summed E-state index contributed by atoms with van der Waals surface area (Å²) in [5.74, 6) is 0.829. The fourth-order valence-electron chi connectivity index (χ4n) is 1.37. The van der Waals surface area contributed by atoms with E-state index in [-0.39, 0.29) is 24.8 Å². The quantitative estimate of drug-likeness (QED) is 0.717. The molecule has 0 aliphatic heterocycles. The molecule has 2 aromatic rings. The summed E-state index contributed by atoms with van der Waals surface area (Å²) in [6.07, 6.45) is 1.76. The largest absolute Gasteiger partial charge is 0.496 e. The van der Waals surface area contributed by atoms with Crippen molar-refractivity contribution >= 4 is 11.0 Å². The average Bonchev–Trinajstić information content (AvgIpc) is 2.47. The Labute approximate surface area is 100 Å². The summed E-state index contributed by atoms with van der Waals surface area (Å²) in [4.78, 5) is 4.36. The molecule has 4 nitrogen and oxygen atoms in total. The van der Waals surface area contributed by atoms with E-state index in [1.54, 1.807) is 18.0 Å². The second kappa shape index (κ2) is 5.15. The molecule has 0 spiro atoms. The topological polar surface area (TPSA) is 39.9 Å². The second-order valence-electron chi connectivity index (χ2n) is 2.97. The minimum atomic E-state index is 0. The third-order valence-electron chi connectivity index (χ3n) is 2.02. The average molecular weight is 244 g/mol. The van der Waals surface area contributed by atoms with Crippen LogP contribution in [0.2, 0.25) is 0 Å². The standard InChI is InChI=1S/C9H11N3O.CH3.Cr/c1-6-4-8(13-3)7-5-10-12(2)9(7)11-6;;/h4-5H,1-3H3;1H3;/q;-1;. The van der Waals surface area contributed by atoms with Crippen molar-refractivity contribution in [3.8, 4) is 5.75 Å². The summed E-state index contributed by atoms with van der Waals surface area (Å²) in [5.41, 5.74) is 1.80. The molecule has 0 aliphatic carbocycles. The van der Waals surface area contributed by atoms with Gasteiger partial charge >= 0.3 is 0 Å². The second-order valence-corrected chi connectivity index (χ2v) is 2.97. The molecule has 15 heavy (non-hydrogen) atoms. The van der Waals surface area contributed by atoms with Gasteiger partial charge in [-0.2, -0.15) is 5.10 Å². The third-order valence-corrected chi connectivity index (χ3v) is 2.02. The van der Waals surface area contributed by atoms with Crippen molar-refractivity contribution in [3.05, 3.63) is 25.4 Å². The molecule has 2 aromatic heterocycles. The Morgan fingerprint density at radius 3 is 2.67 bits per heavy atom. The molecule has 0 unspecified atom stereocenters. The van der Waals surface area contributed by atoms with Gasteiger partial charge in [0.25, 0.3) is 0 Å². The maximum absolute atomic E-state index is 5.23. The van der Waals surface area contributed by atoms with Crippen molar-refractivity contribution in [3.63, 3.8) is 0 Å². The summed E-state index contributed by atoms with van der Waals surface area (Å²) in [6, 6.07) is 1.91. The summed E-state index contributed by atoms with van der Waals surface area (Å²) >= 11 is 0. The van der Waals surface area contributed by atoms with E-state index in [9.17, 15) is 0 Å². The normalized spacial score (nSPS) is 9.27. The van der Waals surface area contributed by atoms with E-state index in [2.05, 4.69) is 10.1 Å². The SMILES string of the molecule is COc1cc(C)nc2c1cnn2C.[CH3-].[Cr]. The van der Waals surface area contributed by atoms with Crippen LogP contribution in [0.3, 0.4) is 0 Å². The maximum atomic E-state index is 5.23. The molecular weight excluding hydrogens is 230 g/mol. The number of methoxy groups -OCH3 is 1. The van der Waals surface area contributed by atoms with Crippen LogP contribution in [0.15, 0.2) is 12.3 Å². The van der Waals surface area contributed by atoms with Gasteiger partial charge in [0.1, 0.15) is 5.75 Å². The number of ether oxygens (including phenoxy) is 1. The molecule has 0 N–H and O–H groups in total. The van der Waals surface area contributed by atoms with Gasteiger partial charge in [0.15, 0.2) is 5.65 Å². The number of hydrogen-bond donors (Lipinski definition) is 0. The summed E-state index contributed by atoms with van der Waals surface area (Å²) < 4.78 is 6.97. The number of nitrogens with zero attached hydrogens (tertiary/aromatic N) is 3. The molecule has 0 bridgehead atoms. The fraction of sp³-hybridized carbons (Fsp3) is 0.300. The van der Waals surface area contributed by atoms with Crippen LogP contribution in [0, 0.1) is 14.4 Å². The number of aromatic nitrogens is 3. The van der Waals surface area contributed by atoms with Crippen LogP contribution in [0.1, 0.15) is 5.69 Å². The molecule has 0 aromatic carbocycles. The van der Waals surface area contributed by atoms with Crippen LogP contribution in [0.5, 0.6) is 5.75 Å². The minimum Gasteiger partial charge on any atom is -0.496 e. The van der Waals surface area contributed by atoms with Gasteiger partial charge in [-0.1, -0.05) is 0 Å². The molecule has 0 aliphatic rings. The van der Waals surface area contributed by atoms with Gasteiger partial charge < -0.3 is 12.2 Å². The first kappa shape index (κ1) is 14.0. The fourth-order valence-corrected chi connectivity index (χ4v) is 1.37. The zero-order valence-electron chi connectivity index (χ0n) is 9.31. The van der Waals surface area contributed by atoms with Crippen LogP contribution in [-0.4, -0.2) is 21.9 Å². The van der Waals surface area contributed by atoms with E-state index in [0.29, 0.717) is 0 Å². The van der Waals surface area contributed by atoms with Crippen molar-refractivity contribution < 1.29 is 22.1 Å². The molecule has 0 amide bonds. The molecule has 0 saturated heterocycles. The first-order valence-electron chi connectivity index (χ1n) is 4.05. The van der Waals surface area contributed by atoms with Crippen molar-refractivity contribution in [2.75, 3.05) is 7.11 Å². The van der Waals surface area contributed by atoms with Crippen LogP contribution in [0.25, 0.3) is 11.0 Å². The number of fused-ring (bicyclic) bond motifs is 1. The van der Waals surface area contributed by atoms with Crippen molar-refractivity contribution in [1.29, 1.82) is 0 Å². The van der Waals surface area contributed by atoms with Crippen molar-refractivity contribution in [1.82, 2.24) is 14.8 Å². The Bertz CT molecular complexity index is 453. The Hall–Kier alpha value is -1.05. The molecule has 0 radical (unpaired) electrons. The Morgan fingerprint density at radius 1 is 1.40 bits per heavy atom. The summed E-state index contributed by atoms with van der Waals surface area (Å²) in [5, 5.41) is 5.07. The van der Waals surface area contributed by atoms with E-state index in [0.717, 1.165) is 22.5 Å². The maximum Gasteiger partial charge on any atom is 0.161 e. The van der Waals surface area contributed by atoms with Crippen LogP contribution in [0.4, 0.5) is 0 Å².